The second-order valence-corrected chi connectivity index (χ2v) is 14.0. The summed E-state index contributed by atoms with van der Waals surface area (Å²) in [5, 5.41) is 29.6. The molecule has 0 radical (unpaired) electrons. The maximum atomic E-state index is 14.2. The molecule has 3 fully saturated rings. The third-order valence-electron chi connectivity index (χ3n) is 9.01. The van der Waals surface area contributed by atoms with Crippen molar-refractivity contribution >= 4 is 25.1 Å². The number of para-hydroxylation sites is 1. The highest BCUT2D eigenvalue weighted by atomic mass is 31.2. The summed E-state index contributed by atoms with van der Waals surface area (Å²) in [6.45, 7) is 2.32. The lowest BCUT2D eigenvalue weighted by Gasteiger charge is -2.32. The SMILES string of the molecule is C[C@H](NP(=O)(Oc1ccccc1)OC1[C@@]2(C)O[C@@H](c3ccc4c(N)ncnn34)[C@H](O)[C@@]12O)C(=O)OCC1CCN(CC(F)(F)F)CC1. The first-order chi connectivity index (χ1) is 22.1. The average molecular weight is 685 g/mol. The summed E-state index contributed by atoms with van der Waals surface area (Å²) in [7, 11) is -4.48. The van der Waals surface area contributed by atoms with Crippen LogP contribution in [-0.2, 0) is 23.4 Å². The summed E-state index contributed by atoms with van der Waals surface area (Å²) in [4.78, 5) is 18.2. The van der Waals surface area contributed by atoms with E-state index in [0.29, 0.717) is 24.1 Å². The Bertz CT molecular complexity index is 1660. The van der Waals surface area contributed by atoms with E-state index in [-0.39, 0.29) is 37.2 Å². The van der Waals surface area contributed by atoms with Crippen molar-refractivity contribution in [3.63, 3.8) is 0 Å². The number of nitrogens with one attached hydrogen (secondary N) is 1. The van der Waals surface area contributed by atoms with E-state index in [4.69, 9.17) is 24.3 Å². The summed E-state index contributed by atoms with van der Waals surface area (Å²) in [5.41, 5.74) is 3.22. The van der Waals surface area contributed by atoms with Gasteiger partial charge < -0.3 is 29.9 Å². The zero-order valence-corrected chi connectivity index (χ0v) is 26.4. The van der Waals surface area contributed by atoms with Crippen LogP contribution in [0.25, 0.3) is 5.52 Å². The molecule has 1 aliphatic carbocycles. The van der Waals surface area contributed by atoms with Crippen LogP contribution in [-0.4, -0.2) is 97.5 Å². The minimum atomic E-state index is -4.48. The summed E-state index contributed by atoms with van der Waals surface area (Å²) in [6.07, 6.45) is -6.15. The quantitative estimate of drug-likeness (QED) is 0.171. The number of piperidine rings is 1. The molecule has 2 unspecified atom stereocenters. The van der Waals surface area contributed by atoms with Crippen molar-refractivity contribution in [1.29, 1.82) is 0 Å². The number of rotatable bonds is 11. The first-order valence-electron chi connectivity index (χ1n) is 15.1. The van der Waals surface area contributed by atoms with E-state index in [2.05, 4.69) is 15.2 Å². The van der Waals surface area contributed by atoms with Crippen LogP contribution in [0.4, 0.5) is 19.0 Å². The summed E-state index contributed by atoms with van der Waals surface area (Å²) < 4.78 is 76.9. The lowest BCUT2D eigenvalue weighted by atomic mass is 9.98. The number of nitrogen functional groups attached to an aromatic ring is 1. The molecule has 6 rings (SSSR count). The van der Waals surface area contributed by atoms with Gasteiger partial charge in [-0.25, -0.2) is 14.1 Å². The smallest absolute Gasteiger partial charge is 0.459 e. The van der Waals surface area contributed by atoms with E-state index in [0.717, 1.165) is 0 Å². The molecule has 0 bridgehead atoms. The van der Waals surface area contributed by atoms with Gasteiger partial charge in [-0.2, -0.15) is 23.4 Å². The number of halogens is 3. The molecule has 47 heavy (non-hydrogen) atoms. The number of carbonyl (C=O) groups excluding carboxylic acids is 1. The van der Waals surface area contributed by atoms with Crippen LogP contribution >= 0.6 is 7.75 Å². The molecule has 3 aromatic rings. The molecule has 3 aliphatic rings. The number of aliphatic hydroxyl groups excluding tert-OH is 1. The molecule has 2 aliphatic heterocycles. The second kappa shape index (κ2) is 12.3. The third kappa shape index (κ3) is 6.45. The van der Waals surface area contributed by atoms with Gasteiger partial charge in [0.2, 0.25) is 0 Å². The average Bonchev–Trinajstić information content (AvgIpc) is 3.28. The Labute approximate surface area is 267 Å². The molecule has 18 heteroatoms. The first kappa shape index (κ1) is 33.6. The number of nitrogens with zero attached hydrogens (tertiary/aromatic N) is 4. The molecule has 0 spiro atoms. The fourth-order valence-corrected chi connectivity index (χ4v) is 8.11. The number of benzene rings is 1. The number of nitrogens with two attached hydrogens (primary N) is 1. The van der Waals surface area contributed by atoms with Crippen molar-refractivity contribution < 1.29 is 51.3 Å². The van der Waals surface area contributed by atoms with Gasteiger partial charge in [-0.1, -0.05) is 18.2 Å². The number of esters is 1. The zero-order chi connectivity index (χ0) is 33.8. The molecule has 4 heterocycles. The van der Waals surface area contributed by atoms with Gasteiger partial charge in [-0.05, 0) is 70.0 Å². The number of ether oxygens (including phenoxy) is 2. The minimum absolute atomic E-state index is 0.0255. The number of fused-ring (bicyclic) bond motifs is 2. The van der Waals surface area contributed by atoms with Crippen LogP contribution < -0.4 is 15.3 Å². The van der Waals surface area contributed by atoms with Crippen LogP contribution in [0.5, 0.6) is 5.75 Å². The van der Waals surface area contributed by atoms with Crippen molar-refractivity contribution in [2.45, 2.75) is 68.4 Å². The predicted octanol–water partition coefficient (Wildman–Crippen LogP) is 2.62. The normalized spacial score (nSPS) is 30.1. The molecule has 14 nitrogen and oxygen atoms in total. The fourth-order valence-electron chi connectivity index (χ4n) is 6.33. The van der Waals surface area contributed by atoms with Gasteiger partial charge in [0, 0.05) is 0 Å². The predicted molar refractivity (Wildman–Crippen MR) is 159 cm³/mol. The van der Waals surface area contributed by atoms with Gasteiger partial charge in [-0.3, -0.25) is 14.2 Å². The van der Waals surface area contributed by atoms with E-state index < -0.39 is 62.0 Å². The number of hydrogen-bond donors (Lipinski definition) is 4. The molecule has 0 amide bonds. The van der Waals surface area contributed by atoms with Crippen LogP contribution in [0, 0.1) is 5.92 Å². The van der Waals surface area contributed by atoms with E-state index in [1.807, 2.05) is 0 Å². The Kier molecular flexibility index (Phi) is 8.78. The number of aliphatic hydroxyl groups is 2. The molecular weight excluding hydrogens is 648 g/mol. The highest BCUT2D eigenvalue weighted by Crippen LogP contribution is 2.68. The van der Waals surface area contributed by atoms with Crippen molar-refractivity contribution in [2.24, 2.45) is 5.92 Å². The lowest BCUT2D eigenvalue weighted by molar-refractivity contribution is -0.151. The molecular formula is C29H36F3N6O8P. The van der Waals surface area contributed by atoms with Crippen LogP contribution in [0.1, 0.15) is 38.5 Å². The van der Waals surface area contributed by atoms with Crippen molar-refractivity contribution in [2.75, 3.05) is 32.0 Å². The van der Waals surface area contributed by atoms with Gasteiger partial charge in [-0.15, -0.1) is 0 Å². The molecule has 5 N–H and O–H groups in total. The van der Waals surface area contributed by atoms with Gasteiger partial charge in [0.25, 0.3) is 0 Å². The lowest BCUT2D eigenvalue weighted by Crippen LogP contribution is -2.41. The first-order valence-corrected chi connectivity index (χ1v) is 16.6. The summed E-state index contributed by atoms with van der Waals surface area (Å²) >= 11 is 0. The van der Waals surface area contributed by atoms with Gasteiger partial charge in [0.05, 0.1) is 18.8 Å². The number of aromatic nitrogens is 3. The van der Waals surface area contributed by atoms with Crippen molar-refractivity contribution in [3.05, 3.63) is 54.5 Å². The molecule has 2 saturated heterocycles. The van der Waals surface area contributed by atoms with Crippen molar-refractivity contribution in [3.8, 4) is 5.75 Å². The van der Waals surface area contributed by atoms with Gasteiger partial charge in [0.1, 0.15) is 47.5 Å². The Hall–Kier alpha value is -3.31. The van der Waals surface area contributed by atoms with Crippen molar-refractivity contribution in [1.82, 2.24) is 24.6 Å². The van der Waals surface area contributed by atoms with Gasteiger partial charge >= 0.3 is 19.9 Å². The Balaban J connectivity index is 1.12. The van der Waals surface area contributed by atoms with E-state index in [9.17, 15) is 32.7 Å². The van der Waals surface area contributed by atoms with E-state index >= 15 is 0 Å². The Morgan fingerprint density at radius 3 is 2.57 bits per heavy atom. The summed E-state index contributed by atoms with van der Waals surface area (Å²) in [6, 6.07) is 10.1. The molecule has 1 saturated carbocycles. The fraction of sp³-hybridized carbons (Fsp3) is 0.552. The topological polar surface area (TPSA) is 183 Å². The largest absolute Gasteiger partial charge is 0.464 e. The Morgan fingerprint density at radius 2 is 1.94 bits per heavy atom. The number of anilines is 1. The Morgan fingerprint density at radius 1 is 1.23 bits per heavy atom. The maximum Gasteiger partial charge on any atom is 0.459 e. The highest BCUT2D eigenvalue weighted by molar-refractivity contribution is 7.52. The van der Waals surface area contributed by atoms with Crippen LogP contribution in [0.2, 0.25) is 0 Å². The molecule has 7 atom stereocenters. The number of alkyl halides is 3. The standard InChI is InChI=1S/C29H36F3N6O8P/c1-17(25(40)43-14-18-10-12-37(13-11-18)15-28(30,31)32)36-47(42,45-19-6-4-3-5-7-19)46-26-27(2)29(26,41)23(39)22(44-27)20-8-9-21-24(33)34-16-35-38(20)21/h3-9,16-18,22-23,26,39,41H,10-15H2,1-2H3,(H,36,42)(H2,33,34,35)/t17-,22-,23-,26?,27+,29+,47?/m0/s1. The minimum Gasteiger partial charge on any atom is -0.464 e. The number of likely N-dealkylation sites (tertiary alicyclic amines) is 1. The molecule has 256 valence electrons. The zero-order valence-electron chi connectivity index (χ0n) is 25.5. The number of carbonyl (C=O) groups is 1. The van der Waals surface area contributed by atoms with Crippen LogP contribution in [0.3, 0.4) is 0 Å². The monoisotopic (exact) mass is 684 g/mol. The summed E-state index contributed by atoms with van der Waals surface area (Å²) in [5.74, 6) is -0.582. The molecule has 1 aromatic carbocycles. The third-order valence-corrected chi connectivity index (χ3v) is 10.7. The van der Waals surface area contributed by atoms with E-state index in [1.54, 1.807) is 30.3 Å². The van der Waals surface area contributed by atoms with E-state index in [1.165, 1.54) is 41.7 Å². The van der Waals surface area contributed by atoms with Crippen LogP contribution in [0.15, 0.2) is 48.8 Å². The van der Waals surface area contributed by atoms with Gasteiger partial charge in [0.15, 0.2) is 11.4 Å². The molecule has 2 aromatic heterocycles. The second-order valence-electron chi connectivity index (χ2n) is 12.3. The number of hydrogen-bond acceptors (Lipinski definition) is 12. The maximum absolute atomic E-state index is 14.2. The highest BCUT2D eigenvalue weighted by Gasteiger charge is 2.87.